The van der Waals surface area contributed by atoms with Crippen LogP contribution in [0.4, 0.5) is 5.69 Å². The largest absolute Gasteiger partial charge is 0.481 e. The number of aliphatic carboxylic acids is 4. The second-order valence-electron chi connectivity index (χ2n) is 29.8. The maximum absolute atomic E-state index is 15.0. The van der Waals surface area contributed by atoms with Gasteiger partial charge >= 0.3 is 29.8 Å². The number of unbranched alkanes of at least 4 members (excludes halogenated alkanes) is 6. The average molecular weight is 1780 g/mol. The molecule has 126 heavy (non-hydrogen) atoms. The monoisotopic (exact) mass is 1780 g/mol. The van der Waals surface area contributed by atoms with E-state index in [0.29, 0.717) is 29.3 Å². The number of H-pyrrole nitrogens is 1. The number of amides is 15. The molecule has 0 radical (unpaired) electrons. The molecule has 1 aliphatic rings. The van der Waals surface area contributed by atoms with Crippen LogP contribution < -0.4 is 103 Å². The van der Waals surface area contributed by atoms with E-state index in [1.54, 1.807) is 30.5 Å². The van der Waals surface area contributed by atoms with Crippen molar-refractivity contribution in [3.05, 3.63) is 65.9 Å². The summed E-state index contributed by atoms with van der Waals surface area (Å²) in [6.07, 6.45) is -2.79. The van der Waals surface area contributed by atoms with E-state index >= 15 is 0 Å². The highest BCUT2D eigenvalue weighted by molar-refractivity contribution is 6.05. The molecule has 14 unspecified atom stereocenters. The van der Waals surface area contributed by atoms with Crippen LogP contribution in [-0.4, -0.2) is 272 Å². The number of cyclic esters (lactones) is 1. The van der Waals surface area contributed by atoms with E-state index in [0.717, 1.165) is 52.9 Å². The number of aromatic amines is 1. The van der Waals surface area contributed by atoms with Crippen LogP contribution in [0.15, 0.2) is 54.7 Å². The van der Waals surface area contributed by atoms with Gasteiger partial charge in [0.25, 0.3) is 0 Å². The molecule has 0 spiro atoms. The van der Waals surface area contributed by atoms with Gasteiger partial charge in [0.15, 0.2) is 11.7 Å². The minimum Gasteiger partial charge on any atom is -0.481 e. The smallest absolute Gasteiger partial charge is 0.329 e. The molecule has 15 amide bonds. The van der Waals surface area contributed by atoms with Gasteiger partial charge in [-0.2, -0.15) is 0 Å². The van der Waals surface area contributed by atoms with E-state index in [9.17, 15) is 126 Å². The number of aromatic nitrogens is 1. The maximum atomic E-state index is 15.0. The zero-order chi connectivity index (χ0) is 94.0. The molecular formula is C78H113N21O27. The topological polar surface area (TPSA) is 793 Å². The van der Waals surface area contributed by atoms with Crippen molar-refractivity contribution in [1.29, 1.82) is 5.41 Å². The molecule has 0 aliphatic carbocycles. The SMILES string of the molecule is CCCCCCCCCC(=O)NC(Cc1c[nH]c2ccccc12)C(=O)NC(CC(N)=O)C(=O)NC(CC(=O)O)C(=O)NC1C(=O)NCC(=O)NC(CCCNC(=O)C(N)CCCNC(=N)N)C(=O)NC(CC(=O)O)C(=O)NC(C)C(=O)NC(CC(=O)O)C(=O)NCC(=O)NC(CO)C(=O)NC(C(C)CC(=O)O)C(=O)NC(CC(=O)c2ccccc2N)C(=O)OC1C. The number of aliphatic hydroxyl groups is 1. The Morgan fingerprint density at radius 3 is 1.71 bits per heavy atom. The van der Waals surface area contributed by atoms with Crippen molar-refractivity contribution in [1.82, 2.24) is 84.7 Å². The number of carboxylic acids is 4. The maximum Gasteiger partial charge on any atom is 0.329 e. The Labute approximate surface area is 720 Å². The Kier molecular flexibility index (Phi) is 44.0. The van der Waals surface area contributed by atoms with Crippen molar-refractivity contribution < 1.29 is 131 Å². The van der Waals surface area contributed by atoms with Crippen LogP contribution in [0, 0.1) is 11.3 Å². The third kappa shape index (κ3) is 37.0. The molecule has 1 fully saturated rings. The molecule has 0 bridgehead atoms. The quantitative estimate of drug-likeness (QED) is 0.00627. The first-order valence-corrected chi connectivity index (χ1v) is 40.4. The summed E-state index contributed by atoms with van der Waals surface area (Å²) in [4.78, 5) is 292. The minimum absolute atomic E-state index is 0.0359. The number of hydrogen-bond donors (Lipinski definition) is 26. The second kappa shape index (κ2) is 53.2. The van der Waals surface area contributed by atoms with Crippen LogP contribution in [0.25, 0.3) is 10.9 Å². The Bertz CT molecular complexity index is 4430. The fourth-order valence-electron chi connectivity index (χ4n) is 12.7. The van der Waals surface area contributed by atoms with Crippen molar-refractivity contribution in [2.24, 2.45) is 23.1 Å². The number of carbonyl (C=O) groups excluding carboxylic acids is 17. The molecule has 14 atom stereocenters. The van der Waals surface area contributed by atoms with Crippen LogP contribution in [0.2, 0.25) is 0 Å². The fraction of sp³-hybridized carbons (Fsp3) is 0.538. The van der Waals surface area contributed by atoms with E-state index in [1.165, 1.54) is 24.3 Å². The van der Waals surface area contributed by atoms with Crippen molar-refractivity contribution in [3.63, 3.8) is 0 Å². The highest BCUT2D eigenvalue weighted by atomic mass is 16.5. The normalized spacial score (nSPS) is 20.5. The number of rotatable bonds is 41. The predicted octanol–water partition coefficient (Wildman–Crippen LogP) is -6.87. The zero-order valence-electron chi connectivity index (χ0n) is 69.8. The number of nitrogens with two attached hydrogens (primary N) is 4. The van der Waals surface area contributed by atoms with Gasteiger partial charge in [-0.15, -0.1) is 0 Å². The lowest BCUT2D eigenvalue weighted by molar-refractivity contribution is -0.156. The Balaban J connectivity index is 1.92. The van der Waals surface area contributed by atoms with Gasteiger partial charge in [0.2, 0.25) is 88.6 Å². The summed E-state index contributed by atoms with van der Waals surface area (Å²) >= 11 is 0. The number of anilines is 1. The third-order valence-electron chi connectivity index (χ3n) is 19.5. The molecule has 4 rings (SSSR count). The molecule has 1 aliphatic heterocycles. The van der Waals surface area contributed by atoms with Gasteiger partial charge in [-0.1, -0.05) is 82.7 Å². The summed E-state index contributed by atoms with van der Waals surface area (Å²) < 4.78 is 5.71. The van der Waals surface area contributed by atoms with E-state index in [4.69, 9.17) is 33.1 Å². The molecule has 48 heteroatoms. The molecule has 0 saturated carbocycles. The summed E-state index contributed by atoms with van der Waals surface area (Å²) in [7, 11) is 0. The molecule has 30 N–H and O–H groups in total. The lowest BCUT2D eigenvalue weighted by atomic mass is 9.96. The summed E-state index contributed by atoms with van der Waals surface area (Å²) in [6.45, 7) is 0.917. The van der Waals surface area contributed by atoms with Crippen molar-refractivity contribution in [3.8, 4) is 0 Å². The number of carboxylic acid groups (broad SMARTS) is 4. The molecule has 1 aromatic heterocycles. The van der Waals surface area contributed by atoms with Crippen LogP contribution in [0.5, 0.6) is 0 Å². The molecule has 48 nitrogen and oxygen atoms in total. The van der Waals surface area contributed by atoms with Gasteiger partial charge in [0.1, 0.15) is 72.6 Å². The van der Waals surface area contributed by atoms with Crippen molar-refractivity contribution >= 4 is 147 Å². The fourth-order valence-corrected chi connectivity index (χ4v) is 12.7. The molecule has 2 heterocycles. The molecule has 692 valence electrons. The van der Waals surface area contributed by atoms with E-state index < -0.39 is 273 Å². The molecule has 1 saturated heterocycles. The Hall–Kier alpha value is -14.0. The number of nitrogens with one attached hydrogen (secondary N) is 17. The lowest BCUT2D eigenvalue weighted by Gasteiger charge is -2.30. The summed E-state index contributed by atoms with van der Waals surface area (Å²) in [6, 6.07) is -12.4. The van der Waals surface area contributed by atoms with Gasteiger partial charge in [-0.05, 0) is 75.6 Å². The lowest BCUT2D eigenvalue weighted by Crippen LogP contribution is -2.62. The van der Waals surface area contributed by atoms with E-state index in [2.05, 4.69) is 75.7 Å². The zero-order valence-corrected chi connectivity index (χ0v) is 69.8. The number of ether oxygens (including phenoxy) is 1. The first-order valence-electron chi connectivity index (χ1n) is 40.4. The highest BCUT2D eigenvalue weighted by Crippen LogP contribution is 2.22. The van der Waals surface area contributed by atoms with Gasteiger partial charge in [-0.3, -0.25) is 101 Å². The second-order valence-corrected chi connectivity index (χ2v) is 29.8. The number of primary amides is 1. The Morgan fingerprint density at radius 2 is 1.10 bits per heavy atom. The van der Waals surface area contributed by atoms with Gasteiger partial charge < -0.3 is 138 Å². The number of Topliss-reactive ketones (excluding diaryl/α,β-unsaturated/α-hetero) is 1. The van der Waals surface area contributed by atoms with Gasteiger partial charge in [0.05, 0.1) is 57.8 Å². The van der Waals surface area contributed by atoms with Crippen LogP contribution in [0.1, 0.15) is 159 Å². The summed E-state index contributed by atoms with van der Waals surface area (Å²) in [5.41, 5.74) is 23.7. The molecular weight excluding hydrogens is 1660 g/mol. The number of fused-ring (bicyclic) bond motifs is 1. The number of carbonyl (C=O) groups is 21. The first kappa shape index (κ1) is 104. The minimum atomic E-state index is -2.51. The standard InChI is InChI=1S/C78H113N21O27/c1-5-6-7-8-9-10-11-24-57(103)91-48(28-41-34-86-46-22-15-13-18-42(41)46)71(119)94-49(30-56(81)102)72(120)96-52(33-63(112)113)73(121)99-65-40(4)126-77(125)53(29-55(101)43-19-12-14-20-44(43)79)97-76(124)64(38(2)27-60(106)107)98-74(122)54(37-100)92-59(105)35-87-68(116)50(31-61(108)109)93-66(114)39(3)89-70(118)51(32-62(110)111)95-69(117)47(90-58(104)36-88-75(65)123)23-17-25-84-67(115)45(80)21-16-26-85-78(82)83/h12-15,18-20,22,34,38-40,45,47-54,64-65,86,100H,5-11,16-17,21,23-33,35-37,79-80H2,1-4H3,(H2,81,102)(H,84,115)(H,87,116)(H,88,123)(H,89,118)(H,90,104)(H,91,103)(H,92,105)(H,93,114)(H,94,119)(H,95,117)(H,96,120)(H,97,124)(H,98,122)(H,99,121)(H,106,107)(H,108,109)(H,110,111)(H,112,113)(H4,82,83,85). The van der Waals surface area contributed by atoms with E-state index in [-0.39, 0.29) is 62.4 Å². The van der Waals surface area contributed by atoms with Crippen molar-refractivity contribution in [2.75, 3.05) is 38.5 Å². The first-order chi connectivity index (χ1) is 59.5. The predicted molar refractivity (Wildman–Crippen MR) is 441 cm³/mol. The summed E-state index contributed by atoms with van der Waals surface area (Å²) in [5, 5.41) is 91.4. The third-order valence-corrected chi connectivity index (χ3v) is 19.5. The van der Waals surface area contributed by atoms with Crippen molar-refractivity contribution in [2.45, 2.75) is 228 Å². The molecule has 3 aromatic rings. The summed E-state index contributed by atoms with van der Waals surface area (Å²) in [5.74, 6) is -31.6. The Morgan fingerprint density at radius 1 is 0.548 bits per heavy atom. The highest BCUT2D eigenvalue weighted by Gasteiger charge is 2.41. The van der Waals surface area contributed by atoms with Gasteiger partial charge in [-0.25, -0.2) is 4.79 Å². The number of aliphatic hydroxyl groups excluding tert-OH is 1. The number of esters is 1. The number of benzene rings is 2. The van der Waals surface area contributed by atoms with Gasteiger partial charge in [0, 0.05) is 60.7 Å². The van der Waals surface area contributed by atoms with E-state index in [1.807, 2.05) is 16.0 Å². The molecule has 2 aromatic carbocycles. The van der Waals surface area contributed by atoms with Crippen LogP contribution in [0.3, 0.4) is 0 Å². The number of para-hydroxylation sites is 2. The van der Waals surface area contributed by atoms with Crippen LogP contribution in [-0.2, 0) is 107 Å². The number of hydrogen-bond acceptors (Lipinski definition) is 26. The number of ketones is 1. The number of nitrogen functional groups attached to an aromatic ring is 1. The average Bonchev–Trinajstić information content (AvgIpc) is 1.58. The number of guanidine groups is 1. The van der Waals surface area contributed by atoms with Crippen LogP contribution >= 0.6 is 0 Å².